The van der Waals surface area contributed by atoms with Crippen molar-refractivity contribution in [1.29, 1.82) is 0 Å². The first kappa shape index (κ1) is 12.6. The fourth-order valence-corrected chi connectivity index (χ4v) is 2.81. The topological polar surface area (TPSA) is 46.8 Å². The standard InChI is InChI=1S/C13H12BrN3OS/c1-7-10(8(2)18-16-7)6-17-12-4-3-9(14)5-11(12)15-13(17)19/h3-5H,6H2,1-2H3,(H,15,19). The monoisotopic (exact) mass is 337 g/mol. The van der Waals surface area contributed by atoms with Gasteiger partial charge in [0, 0.05) is 10.0 Å². The molecule has 19 heavy (non-hydrogen) atoms. The van der Waals surface area contributed by atoms with Crippen LogP contribution < -0.4 is 0 Å². The summed E-state index contributed by atoms with van der Waals surface area (Å²) in [6.45, 7) is 4.53. The third kappa shape index (κ3) is 2.15. The summed E-state index contributed by atoms with van der Waals surface area (Å²) in [5.74, 6) is 0.839. The zero-order valence-corrected chi connectivity index (χ0v) is 12.9. The van der Waals surface area contributed by atoms with E-state index in [0.717, 1.165) is 32.5 Å². The molecule has 0 aliphatic heterocycles. The van der Waals surface area contributed by atoms with Crippen LogP contribution in [0.1, 0.15) is 17.0 Å². The second-order valence-electron chi connectivity index (χ2n) is 4.48. The fourth-order valence-electron chi connectivity index (χ4n) is 2.18. The molecular weight excluding hydrogens is 326 g/mol. The lowest BCUT2D eigenvalue weighted by atomic mass is 10.2. The van der Waals surface area contributed by atoms with E-state index in [4.69, 9.17) is 16.7 Å². The Bertz CT molecular complexity index is 796. The molecule has 0 aliphatic rings. The molecule has 0 radical (unpaired) electrons. The number of halogens is 1. The fraction of sp³-hybridized carbons (Fsp3) is 0.231. The highest BCUT2D eigenvalue weighted by Crippen LogP contribution is 2.22. The molecule has 0 spiro atoms. The molecule has 98 valence electrons. The lowest BCUT2D eigenvalue weighted by Gasteiger charge is -2.04. The minimum Gasteiger partial charge on any atom is -0.361 e. The highest BCUT2D eigenvalue weighted by molar-refractivity contribution is 9.10. The quantitative estimate of drug-likeness (QED) is 0.715. The molecule has 0 aliphatic carbocycles. The van der Waals surface area contributed by atoms with Crippen LogP contribution in [0.2, 0.25) is 0 Å². The molecule has 0 atom stereocenters. The third-order valence-electron chi connectivity index (χ3n) is 3.23. The van der Waals surface area contributed by atoms with Crippen molar-refractivity contribution in [3.05, 3.63) is 44.5 Å². The smallest absolute Gasteiger partial charge is 0.178 e. The summed E-state index contributed by atoms with van der Waals surface area (Å²) in [7, 11) is 0. The zero-order valence-electron chi connectivity index (χ0n) is 10.5. The first-order chi connectivity index (χ1) is 9.06. The molecular formula is C13H12BrN3OS. The van der Waals surface area contributed by atoms with Gasteiger partial charge in [-0.25, -0.2) is 0 Å². The van der Waals surface area contributed by atoms with Gasteiger partial charge in [-0.3, -0.25) is 0 Å². The molecule has 1 N–H and O–H groups in total. The van der Waals surface area contributed by atoms with Crippen molar-refractivity contribution < 1.29 is 4.52 Å². The summed E-state index contributed by atoms with van der Waals surface area (Å²) in [5.41, 5.74) is 4.09. The van der Waals surface area contributed by atoms with Gasteiger partial charge in [-0.1, -0.05) is 21.1 Å². The van der Waals surface area contributed by atoms with Gasteiger partial charge in [0.1, 0.15) is 5.76 Å². The van der Waals surface area contributed by atoms with Crippen molar-refractivity contribution >= 4 is 39.2 Å². The van der Waals surface area contributed by atoms with Crippen LogP contribution in [0.25, 0.3) is 11.0 Å². The van der Waals surface area contributed by atoms with Crippen molar-refractivity contribution in [3.8, 4) is 0 Å². The van der Waals surface area contributed by atoms with E-state index in [2.05, 4.69) is 30.6 Å². The molecule has 4 nitrogen and oxygen atoms in total. The van der Waals surface area contributed by atoms with Crippen LogP contribution in [0, 0.1) is 18.6 Å². The lowest BCUT2D eigenvalue weighted by Crippen LogP contribution is -2.01. The van der Waals surface area contributed by atoms with E-state index in [0.29, 0.717) is 11.3 Å². The maximum absolute atomic E-state index is 5.40. The van der Waals surface area contributed by atoms with Crippen LogP contribution in [-0.4, -0.2) is 14.7 Å². The first-order valence-corrected chi connectivity index (χ1v) is 7.06. The molecule has 2 aromatic heterocycles. The molecule has 0 amide bonds. The van der Waals surface area contributed by atoms with Gasteiger partial charge in [-0.15, -0.1) is 0 Å². The molecule has 6 heteroatoms. The van der Waals surface area contributed by atoms with Gasteiger partial charge in [0.05, 0.1) is 23.3 Å². The van der Waals surface area contributed by atoms with Crippen molar-refractivity contribution in [2.45, 2.75) is 20.4 Å². The Morgan fingerprint density at radius 1 is 1.42 bits per heavy atom. The highest BCUT2D eigenvalue weighted by Gasteiger charge is 2.12. The molecule has 0 fully saturated rings. The first-order valence-electron chi connectivity index (χ1n) is 5.86. The minimum absolute atomic E-state index is 0.668. The third-order valence-corrected chi connectivity index (χ3v) is 4.05. The molecule has 0 saturated heterocycles. The Morgan fingerprint density at radius 2 is 2.21 bits per heavy atom. The van der Waals surface area contributed by atoms with Crippen LogP contribution in [0.15, 0.2) is 27.2 Å². The van der Waals surface area contributed by atoms with E-state index in [1.807, 2.05) is 32.0 Å². The Labute approximate surface area is 123 Å². The number of hydrogen-bond donors (Lipinski definition) is 1. The normalized spacial score (nSPS) is 11.3. The Morgan fingerprint density at radius 3 is 2.89 bits per heavy atom. The molecule has 1 aromatic carbocycles. The molecule has 0 bridgehead atoms. The number of hydrogen-bond acceptors (Lipinski definition) is 3. The number of fused-ring (bicyclic) bond motifs is 1. The summed E-state index contributed by atoms with van der Waals surface area (Å²) in [6, 6.07) is 6.08. The van der Waals surface area contributed by atoms with E-state index in [1.54, 1.807) is 0 Å². The predicted octanol–water partition coefficient (Wildman–Crippen LogP) is 4.11. The number of H-pyrrole nitrogens is 1. The number of rotatable bonds is 2. The number of aromatic nitrogens is 3. The second-order valence-corrected chi connectivity index (χ2v) is 5.78. The van der Waals surface area contributed by atoms with E-state index < -0.39 is 0 Å². The molecule has 0 saturated carbocycles. The lowest BCUT2D eigenvalue weighted by molar-refractivity contribution is 0.392. The second kappa shape index (κ2) is 4.61. The highest BCUT2D eigenvalue weighted by atomic mass is 79.9. The minimum atomic E-state index is 0.668. The van der Waals surface area contributed by atoms with Gasteiger partial charge >= 0.3 is 0 Å². The maximum atomic E-state index is 5.40. The number of aryl methyl sites for hydroxylation is 2. The van der Waals surface area contributed by atoms with Crippen LogP contribution in [0.3, 0.4) is 0 Å². The Kier molecular flexibility index (Phi) is 3.06. The van der Waals surface area contributed by atoms with Gasteiger partial charge in [-0.05, 0) is 44.3 Å². The number of imidazole rings is 1. The Balaban J connectivity index is 2.16. The van der Waals surface area contributed by atoms with E-state index >= 15 is 0 Å². The summed E-state index contributed by atoms with van der Waals surface area (Å²) in [5, 5.41) is 3.98. The molecule has 3 aromatic rings. The van der Waals surface area contributed by atoms with Crippen LogP contribution in [0.4, 0.5) is 0 Å². The number of aromatic amines is 1. The van der Waals surface area contributed by atoms with Gasteiger partial charge < -0.3 is 14.1 Å². The predicted molar refractivity (Wildman–Crippen MR) is 79.9 cm³/mol. The number of benzene rings is 1. The van der Waals surface area contributed by atoms with Crippen LogP contribution in [-0.2, 0) is 6.54 Å². The van der Waals surface area contributed by atoms with Crippen molar-refractivity contribution in [2.75, 3.05) is 0 Å². The van der Waals surface area contributed by atoms with Gasteiger partial charge in [-0.2, -0.15) is 0 Å². The average Bonchev–Trinajstić information content (AvgIpc) is 2.83. The van der Waals surface area contributed by atoms with Crippen molar-refractivity contribution in [3.63, 3.8) is 0 Å². The molecule has 0 unspecified atom stereocenters. The van der Waals surface area contributed by atoms with E-state index in [1.165, 1.54) is 0 Å². The summed E-state index contributed by atoms with van der Waals surface area (Å²) >= 11 is 8.86. The zero-order chi connectivity index (χ0) is 13.6. The summed E-state index contributed by atoms with van der Waals surface area (Å²) in [4.78, 5) is 3.22. The van der Waals surface area contributed by atoms with Gasteiger partial charge in [0.2, 0.25) is 0 Å². The number of nitrogens with zero attached hydrogens (tertiary/aromatic N) is 2. The van der Waals surface area contributed by atoms with Crippen molar-refractivity contribution in [2.24, 2.45) is 0 Å². The van der Waals surface area contributed by atoms with Gasteiger partial charge in [0.25, 0.3) is 0 Å². The number of nitrogens with one attached hydrogen (secondary N) is 1. The van der Waals surface area contributed by atoms with Gasteiger partial charge in [0.15, 0.2) is 4.77 Å². The summed E-state index contributed by atoms with van der Waals surface area (Å²) in [6.07, 6.45) is 0. The maximum Gasteiger partial charge on any atom is 0.178 e. The van der Waals surface area contributed by atoms with Crippen molar-refractivity contribution in [1.82, 2.24) is 14.7 Å². The van der Waals surface area contributed by atoms with Crippen LogP contribution in [0.5, 0.6) is 0 Å². The SMILES string of the molecule is Cc1noc(C)c1Cn1c(=S)[nH]c2cc(Br)ccc21. The average molecular weight is 338 g/mol. The largest absolute Gasteiger partial charge is 0.361 e. The molecule has 3 rings (SSSR count). The van der Waals surface area contributed by atoms with Crippen LogP contribution >= 0.6 is 28.1 Å². The summed E-state index contributed by atoms with van der Waals surface area (Å²) < 4.78 is 8.99. The van der Waals surface area contributed by atoms with E-state index in [9.17, 15) is 0 Å². The Hall–Kier alpha value is -1.40. The van der Waals surface area contributed by atoms with E-state index in [-0.39, 0.29) is 0 Å². The molecule has 2 heterocycles.